The first-order valence-corrected chi connectivity index (χ1v) is 5.22. The van der Waals surface area contributed by atoms with Crippen LogP contribution in [0.3, 0.4) is 0 Å². The average molecular weight is 168 g/mol. The monoisotopic (exact) mass is 168 g/mol. The largest absolute Gasteiger partial charge is 0.131 e. The second-order valence-electron chi connectivity index (χ2n) is 3.12. The minimum Gasteiger partial charge on any atom is -0.131 e. The lowest BCUT2D eigenvalue weighted by Gasteiger charge is -2.18. The van der Waals surface area contributed by atoms with Crippen molar-refractivity contribution in [1.29, 1.82) is 0 Å². The Morgan fingerprint density at radius 2 is 2.27 bits per heavy atom. The van der Waals surface area contributed by atoms with E-state index in [1.165, 1.54) is 17.7 Å². The summed E-state index contributed by atoms with van der Waals surface area (Å²) in [6, 6.07) is 0. The fourth-order valence-electron chi connectivity index (χ4n) is 1.40. The van der Waals surface area contributed by atoms with Crippen LogP contribution in [0, 0.1) is 5.92 Å². The Balaban J connectivity index is 2.62. The van der Waals surface area contributed by atoms with E-state index in [0.717, 1.165) is 5.92 Å². The van der Waals surface area contributed by atoms with Gasteiger partial charge in [-0.15, -0.1) is 11.8 Å². The number of rotatable bonds is 2. The minimum absolute atomic E-state index is 0.755. The predicted octanol–water partition coefficient (Wildman–Crippen LogP) is 3.61. The molecule has 1 atom stereocenters. The molecule has 0 aromatic rings. The molecule has 0 saturated carbocycles. The van der Waals surface area contributed by atoms with Crippen LogP contribution < -0.4 is 0 Å². The quantitative estimate of drug-likeness (QED) is 0.607. The number of hydrogen-bond donors (Lipinski definition) is 0. The second kappa shape index (κ2) is 4.01. The Labute approximate surface area is 73.8 Å². The van der Waals surface area contributed by atoms with Gasteiger partial charge in [0.1, 0.15) is 0 Å². The van der Waals surface area contributed by atoms with Crippen LogP contribution in [-0.2, 0) is 0 Å². The molecule has 1 rings (SSSR count). The van der Waals surface area contributed by atoms with E-state index in [1.807, 2.05) is 11.8 Å². The Morgan fingerprint density at radius 1 is 1.55 bits per heavy atom. The molecule has 0 aromatic carbocycles. The Bertz CT molecular complexity index is 189. The molecule has 62 valence electrons. The van der Waals surface area contributed by atoms with Gasteiger partial charge in [0.05, 0.1) is 0 Å². The van der Waals surface area contributed by atoms with Crippen LogP contribution in [0.1, 0.15) is 27.2 Å². The van der Waals surface area contributed by atoms with E-state index in [9.17, 15) is 0 Å². The summed E-state index contributed by atoms with van der Waals surface area (Å²) in [5, 5.41) is 0. The maximum atomic E-state index is 2.31. The Hall–Kier alpha value is -0.170. The van der Waals surface area contributed by atoms with Crippen LogP contribution in [0.4, 0.5) is 0 Å². The third kappa shape index (κ3) is 2.41. The SMILES string of the molecule is CCSC1=CC=C(C)CC1C. The molecule has 0 aliphatic heterocycles. The summed E-state index contributed by atoms with van der Waals surface area (Å²) < 4.78 is 0. The van der Waals surface area contributed by atoms with Gasteiger partial charge >= 0.3 is 0 Å². The maximum absolute atomic E-state index is 2.31. The zero-order chi connectivity index (χ0) is 8.27. The number of thioether (sulfide) groups is 1. The standard InChI is InChI=1S/C10H16S/c1-4-11-10-6-5-8(2)7-9(10)3/h5-6,9H,4,7H2,1-3H3. The van der Waals surface area contributed by atoms with Crippen molar-refractivity contribution in [2.24, 2.45) is 5.92 Å². The van der Waals surface area contributed by atoms with E-state index >= 15 is 0 Å². The molecule has 0 N–H and O–H groups in total. The molecular weight excluding hydrogens is 152 g/mol. The van der Waals surface area contributed by atoms with Crippen LogP contribution in [0.5, 0.6) is 0 Å². The van der Waals surface area contributed by atoms with Crippen LogP contribution in [-0.4, -0.2) is 5.75 Å². The van der Waals surface area contributed by atoms with E-state index < -0.39 is 0 Å². The van der Waals surface area contributed by atoms with Crippen molar-refractivity contribution in [1.82, 2.24) is 0 Å². The Morgan fingerprint density at radius 3 is 2.82 bits per heavy atom. The van der Waals surface area contributed by atoms with Crippen molar-refractivity contribution in [3.8, 4) is 0 Å². The van der Waals surface area contributed by atoms with Crippen molar-refractivity contribution in [3.63, 3.8) is 0 Å². The smallest absolute Gasteiger partial charge is 0.00516 e. The molecule has 0 bridgehead atoms. The predicted molar refractivity (Wildman–Crippen MR) is 53.8 cm³/mol. The molecule has 11 heavy (non-hydrogen) atoms. The molecule has 0 radical (unpaired) electrons. The first kappa shape index (κ1) is 8.92. The first-order valence-electron chi connectivity index (χ1n) is 4.24. The summed E-state index contributed by atoms with van der Waals surface area (Å²) in [6.45, 7) is 6.73. The topological polar surface area (TPSA) is 0 Å². The van der Waals surface area contributed by atoms with Crippen molar-refractivity contribution in [2.75, 3.05) is 5.75 Å². The van der Waals surface area contributed by atoms with Gasteiger partial charge in [-0.1, -0.05) is 31.6 Å². The maximum Gasteiger partial charge on any atom is -0.00516 e. The highest BCUT2D eigenvalue weighted by atomic mass is 32.2. The van der Waals surface area contributed by atoms with E-state index in [2.05, 4.69) is 32.9 Å². The molecule has 0 saturated heterocycles. The summed E-state index contributed by atoms with van der Waals surface area (Å²) in [7, 11) is 0. The minimum atomic E-state index is 0.755. The molecule has 1 heteroatoms. The number of hydrogen-bond acceptors (Lipinski definition) is 1. The summed E-state index contributed by atoms with van der Waals surface area (Å²) in [4.78, 5) is 1.55. The van der Waals surface area contributed by atoms with Crippen LogP contribution in [0.2, 0.25) is 0 Å². The van der Waals surface area contributed by atoms with Gasteiger partial charge in [-0.2, -0.15) is 0 Å². The summed E-state index contributed by atoms with van der Waals surface area (Å²) >= 11 is 1.98. The molecular formula is C10H16S. The van der Waals surface area contributed by atoms with Crippen molar-refractivity contribution in [2.45, 2.75) is 27.2 Å². The fraction of sp³-hybridized carbons (Fsp3) is 0.600. The normalized spacial score (nSPS) is 24.5. The molecule has 0 fully saturated rings. The third-order valence-electron chi connectivity index (χ3n) is 1.96. The lowest BCUT2D eigenvalue weighted by molar-refractivity contribution is 0.696. The van der Waals surface area contributed by atoms with Gasteiger partial charge in [0.15, 0.2) is 0 Å². The zero-order valence-corrected chi connectivity index (χ0v) is 8.37. The molecule has 0 aromatic heterocycles. The lowest BCUT2D eigenvalue weighted by atomic mass is 9.97. The molecule has 0 spiro atoms. The van der Waals surface area contributed by atoms with E-state index in [-0.39, 0.29) is 0 Å². The van der Waals surface area contributed by atoms with Gasteiger partial charge in [-0.25, -0.2) is 0 Å². The van der Waals surface area contributed by atoms with Gasteiger partial charge < -0.3 is 0 Å². The molecule has 1 aliphatic rings. The molecule has 0 heterocycles. The van der Waals surface area contributed by atoms with E-state index in [1.54, 1.807) is 4.91 Å². The highest BCUT2D eigenvalue weighted by Gasteiger charge is 2.11. The molecule has 0 amide bonds. The van der Waals surface area contributed by atoms with Crippen LogP contribution in [0.25, 0.3) is 0 Å². The Kier molecular flexibility index (Phi) is 3.25. The first-order chi connectivity index (χ1) is 5.24. The van der Waals surface area contributed by atoms with E-state index in [0.29, 0.717) is 0 Å². The molecule has 0 nitrogen and oxygen atoms in total. The summed E-state index contributed by atoms with van der Waals surface area (Å²) in [5.74, 6) is 1.95. The molecule has 1 unspecified atom stereocenters. The third-order valence-corrected chi connectivity index (χ3v) is 3.12. The fourth-order valence-corrected chi connectivity index (χ4v) is 2.26. The number of allylic oxidation sites excluding steroid dienone is 4. The summed E-state index contributed by atoms with van der Waals surface area (Å²) in [5.41, 5.74) is 1.51. The highest BCUT2D eigenvalue weighted by molar-refractivity contribution is 8.03. The van der Waals surface area contributed by atoms with Crippen LogP contribution in [0.15, 0.2) is 22.6 Å². The van der Waals surface area contributed by atoms with Gasteiger partial charge in [-0.3, -0.25) is 0 Å². The highest BCUT2D eigenvalue weighted by Crippen LogP contribution is 2.32. The van der Waals surface area contributed by atoms with Crippen molar-refractivity contribution in [3.05, 3.63) is 22.6 Å². The van der Waals surface area contributed by atoms with Crippen molar-refractivity contribution >= 4 is 11.8 Å². The van der Waals surface area contributed by atoms with E-state index in [4.69, 9.17) is 0 Å². The van der Waals surface area contributed by atoms with Crippen LogP contribution >= 0.6 is 11.8 Å². The van der Waals surface area contributed by atoms with Gasteiger partial charge in [0, 0.05) is 0 Å². The van der Waals surface area contributed by atoms with Gasteiger partial charge in [0.2, 0.25) is 0 Å². The average Bonchev–Trinajstić information content (AvgIpc) is 1.95. The second-order valence-corrected chi connectivity index (χ2v) is 4.46. The summed E-state index contributed by atoms with van der Waals surface area (Å²) in [6.07, 6.45) is 5.77. The lowest BCUT2D eigenvalue weighted by Crippen LogP contribution is -2.01. The zero-order valence-electron chi connectivity index (χ0n) is 7.55. The van der Waals surface area contributed by atoms with Gasteiger partial charge in [0.25, 0.3) is 0 Å². The van der Waals surface area contributed by atoms with Crippen molar-refractivity contribution < 1.29 is 0 Å². The molecule has 1 aliphatic carbocycles. The van der Waals surface area contributed by atoms with Gasteiger partial charge in [-0.05, 0) is 29.9 Å².